The molecular weight excluding hydrogens is 290 g/mol. The summed E-state index contributed by atoms with van der Waals surface area (Å²) in [4.78, 5) is 12.4. The number of carbonyl (C=O) groups is 1. The van der Waals surface area contributed by atoms with E-state index < -0.39 is 6.10 Å². The zero-order chi connectivity index (χ0) is 15.8. The summed E-state index contributed by atoms with van der Waals surface area (Å²) >= 11 is 0. The number of hydrogen-bond donors (Lipinski definition) is 1. The van der Waals surface area contributed by atoms with E-state index in [0.717, 1.165) is 29.0 Å². The quantitative estimate of drug-likeness (QED) is 0.944. The SMILES string of the molecule is COc1ccccc1[C@@H]1C[C@@H]1NC(=O)[C@@H]1Cc2ccccc2O1. The van der Waals surface area contributed by atoms with Crippen LogP contribution < -0.4 is 14.8 Å². The highest BCUT2D eigenvalue weighted by molar-refractivity contribution is 5.83. The van der Waals surface area contributed by atoms with Crippen LogP contribution in [0.4, 0.5) is 0 Å². The molecule has 1 N–H and O–H groups in total. The van der Waals surface area contributed by atoms with Crippen molar-refractivity contribution in [3.63, 3.8) is 0 Å². The Kier molecular flexibility index (Phi) is 3.45. The molecule has 0 saturated heterocycles. The molecule has 0 radical (unpaired) electrons. The van der Waals surface area contributed by atoms with Gasteiger partial charge in [-0.25, -0.2) is 0 Å². The largest absolute Gasteiger partial charge is 0.496 e. The van der Waals surface area contributed by atoms with E-state index in [4.69, 9.17) is 9.47 Å². The first kappa shape index (κ1) is 14.1. The molecule has 1 aliphatic carbocycles. The topological polar surface area (TPSA) is 47.6 Å². The number of carbonyl (C=O) groups excluding carboxylic acids is 1. The average Bonchev–Trinajstić information content (AvgIpc) is 3.20. The summed E-state index contributed by atoms with van der Waals surface area (Å²) < 4.78 is 11.2. The lowest BCUT2D eigenvalue weighted by molar-refractivity contribution is -0.127. The number of ether oxygens (including phenoxy) is 2. The third-order valence-corrected chi connectivity index (χ3v) is 4.60. The van der Waals surface area contributed by atoms with Gasteiger partial charge < -0.3 is 14.8 Å². The number of para-hydroxylation sites is 2. The Bertz CT molecular complexity index is 718. The molecule has 1 heterocycles. The van der Waals surface area contributed by atoms with Gasteiger partial charge in [0.05, 0.1) is 7.11 Å². The number of rotatable bonds is 4. The van der Waals surface area contributed by atoms with Gasteiger partial charge in [-0.1, -0.05) is 36.4 Å². The van der Waals surface area contributed by atoms with Crippen LogP contribution in [0.15, 0.2) is 48.5 Å². The zero-order valence-corrected chi connectivity index (χ0v) is 13.0. The van der Waals surface area contributed by atoms with Crippen LogP contribution in [0, 0.1) is 0 Å². The first-order valence-electron chi connectivity index (χ1n) is 7.94. The van der Waals surface area contributed by atoms with Crippen LogP contribution in [0.5, 0.6) is 11.5 Å². The Hall–Kier alpha value is -2.49. The molecular formula is C19H19NO3. The van der Waals surface area contributed by atoms with Gasteiger partial charge in [-0.3, -0.25) is 4.79 Å². The highest BCUT2D eigenvalue weighted by atomic mass is 16.5. The summed E-state index contributed by atoms with van der Waals surface area (Å²) in [5.41, 5.74) is 2.26. The van der Waals surface area contributed by atoms with Crippen LogP contribution in [-0.4, -0.2) is 25.2 Å². The van der Waals surface area contributed by atoms with Crippen molar-refractivity contribution in [2.75, 3.05) is 7.11 Å². The first-order chi connectivity index (χ1) is 11.3. The molecule has 4 heteroatoms. The number of methoxy groups -OCH3 is 1. The lowest BCUT2D eigenvalue weighted by Gasteiger charge is -2.12. The minimum Gasteiger partial charge on any atom is -0.496 e. The van der Waals surface area contributed by atoms with Gasteiger partial charge in [0.15, 0.2) is 6.10 Å². The minimum atomic E-state index is -0.411. The number of nitrogens with one attached hydrogen (secondary N) is 1. The normalized spacial score (nSPS) is 24.5. The first-order valence-corrected chi connectivity index (χ1v) is 7.94. The summed E-state index contributed by atoms with van der Waals surface area (Å²) in [5.74, 6) is 2.02. The Morgan fingerprint density at radius 3 is 2.78 bits per heavy atom. The predicted octanol–water partition coefficient (Wildman–Crippen LogP) is 2.67. The zero-order valence-electron chi connectivity index (χ0n) is 13.0. The van der Waals surface area contributed by atoms with Gasteiger partial charge in [0, 0.05) is 18.4 Å². The van der Waals surface area contributed by atoms with Crippen molar-refractivity contribution in [2.45, 2.75) is 30.9 Å². The van der Waals surface area contributed by atoms with Crippen molar-refractivity contribution >= 4 is 5.91 Å². The molecule has 4 nitrogen and oxygen atoms in total. The molecule has 2 aromatic rings. The molecule has 0 spiro atoms. The van der Waals surface area contributed by atoms with Gasteiger partial charge in [-0.15, -0.1) is 0 Å². The standard InChI is InChI=1S/C19H19NO3/c1-22-17-9-5-3-7-13(17)14-11-15(14)20-19(21)18-10-12-6-2-4-8-16(12)23-18/h2-9,14-15,18H,10-11H2,1H3,(H,20,21)/t14-,15-,18-/m0/s1. The van der Waals surface area contributed by atoms with Gasteiger partial charge in [-0.2, -0.15) is 0 Å². The fourth-order valence-electron chi connectivity index (χ4n) is 3.27. The highest BCUT2D eigenvalue weighted by Gasteiger charge is 2.42. The van der Waals surface area contributed by atoms with Crippen LogP contribution in [-0.2, 0) is 11.2 Å². The number of amides is 1. The van der Waals surface area contributed by atoms with Crippen molar-refractivity contribution in [2.24, 2.45) is 0 Å². The molecule has 118 valence electrons. The third kappa shape index (κ3) is 2.65. The lowest BCUT2D eigenvalue weighted by Crippen LogP contribution is -2.39. The molecule has 4 rings (SSSR count). The third-order valence-electron chi connectivity index (χ3n) is 4.60. The van der Waals surface area contributed by atoms with E-state index >= 15 is 0 Å². The van der Waals surface area contributed by atoms with Crippen LogP contribution in [0.1, 0.15) is 23.5 Å². The average molecular weight is 309 g/mol. The molecule has 0 aromatic heterocycles. The summed E-state index contributed by atoms with van der Waals surface area (Å²) in [7, 11) is 1.68. The second kappa shape index (κ2) is 5.61. The van der Waals surface area contributed by atoms with Gasteiger partial charge in [0.1, 0.15) is 11.5 Å². The van der Waals surface area contributed by atoms with Crippen molar-refractivity contribution in [1.29, 1.82) is 0 Å². The van der Waals surface area contributed by atoms with Crippen LogP contribution in [0.3, 0.4) is 0 Å². The van der Waals surface area contributed by atoms with E-state index in [1.54, 1.807) is 7.11 Å². The van der Waals surface area contributed by atoms with Gasteiger partial charge in [-0.05, 0) is 29.7 Å². The summed E-state index contributed by atoms with van der Waals surface area (Å²) in [6, 6.07) is 16.0. The van der Waals surface area contributed by atoms with Crippen molar-refractivity contribution < 1.29 is 14.3 Å². The number of hydrogen-bond acceptors (Lipinski definition) is 3. The molecule has 0 bridgehead atoms. The Morgan fingerprint density at radius 1 is 1.17 bits per heavy atom. The van der Waals surface area contributed by atoms with Gasteiger partial charge in [0.25, 0.3) is 5.91 Å². The molecule has 1 saturated carbocycles. The minimum absolute atomic E-state index is 0.0244. The maximum atomic E-state index is 12.4. The van der Waals surface area contributed by atoms with E-state index in [0.29, 0.717) is 12.3 Å². The summed E-state index contributed by atoms with van der Waals surface area (Å²) in [5, 5.41) is 3.11. The van der Waals surface area contributed by atoms with Gasteiger partial charge in [0.2, 0.25) is 0 Å². The summed E-state index contributed by atoms with van der Waals surface area (Å²) in [6.07, 6.45) is 1.19. The van der Waals surface area contributed by atoms with Crippen molar-refractivity contribution in [3.05, 3.63) is 59.7 Å². The molecule has 1 amide bonds. The Labute approximate surface area is 135 Å². The number of fused-ring (bicyclic) bond motifs is 1. The van der Waals surface area contributed by atoms with E-state index in [1.165, 1.54) is 0 Å². The van der Waals surface area contributed by atoms with Crippen molar-refractivity contribution in [1.82, 2.24) is 5.32 Å². The second-order valence-electron chi connectivity index (χ2n) is 6.12. The monoisotopic (exact) mass is 309 g/mol. The van der Waals surface area contributed by atoms with Gasteiger partial charge >= 0.3 is 0 Å². The smallest absolute Gasteiger partial charge is 0.261 e. The molecule has 1 aliphatic heterocycles. The predicted molar refractivity (Wildman–Crippen MR) is 86.8 cm³/mol. The van der Waals surface area contributed by atoms with Crippen LogP contribution in [0.25, 0.3) is 0 Å². The fourth-order valence-corrected chi connectivity index (χ4v) is 3.27. The lowest BCUT2D eigenvalue weighted by atomic mass is 10.1. The van der Waals surface area contributed by atoms with Crippen LogP contribution in [0.2, 0.25) is 0 Å². The van der Waals surface area contributed by atoms with Crippen LogP contribution >= 0.6 is 0 Å². The number of benzene rings is 2. The van der Waals surface area contributed by atoms with E-state index in [2.05, 4.69) is 11.4 Å². The maximum absolute atomic E-state index is 12.4. The molecule has 1 fully saturated rings. The molecule has 23 heavy (non-hydrogen) atoms. The van der Waals surface area contributed by atoms with E-state index in [1.807, 2.05) is 42.5 Å². The molecule has 2 aliphatic rings. The Balaban J connectivity index is 1.38. The second-order valence-corrected chi connectivity index (χ2v) is 6.12. The van der Waals surface area contributed by atoms with E-state index in [9.17, 15) is 4.79 Å². The molecule has 3 atom stereocenters. The fraction of sp³-hybridized carbons (Fsp3) is 0.316. The summed E-state index contributed by atoms with van der Waals surface area (Å²) in [6.45, 7) is 0. The molecule has 0 unspecified atom stereocenters. The van der Waals surface area contributed by atoms with E-state index in [-0.39, 0.29) is 11.9 Å². The highest BCUT2D eigenvalue weighted by Crippen LogP contribution is 2.44. The molecule has 2 aromatic carbocycles. The van der Waals surface area contributed by atoms with Crippen molar-refractivity contribution in [3.8, 4) is 11.5 Å². The maximum Gasteiger partial charge on any atom is 0.261 e. The Morgan fingerprint density at radius 2 is 1.96 bits per heavy atom.